The number of hydrogen-bond donors (Lipinski definition) is 2. The maximum absolute atomic E-state index is 12.0. The minimum Gasteiger partial charge on any atom is -0.338 e. The number of amides is 3. The molecule has 1 aliphatic heterocycles. The number of urea groups is 1. The molecule has 0 aliphatic carbocycles. The van der Waals surface area contributed by atoms with Gasteiger partial charge in [0, 0.05) is 6.54 Å². The number of nitrogens with zero attached hydrogens (tertiary/aromatic N) is 1. The van der Waals surface area contributed by atoms with E-state index in [0.29, 0.717) is 12.5 Å². The summed E-state index contributed by atoms with van der Waals surface area (Å²) in [4.78, 5) is 25.7. The average molecular weight is 269 g/mol. The molecule has 1 aliphatic rings. The van der Waals surface area contributed by atoms with Crippen LogP contribution in [-0.4, -0.2) is 42.5 Å². The van der Waals surface area contributed by atoms with Crippen LogP contribution in [0.1, 0.15) is 46.5 Å². The van der Waals surface area contributed by atoms with Gasteiger partial charge in [-0.05, 0) is 38.8 Å². The average Bonchev–Trinajstić information content (AvgIpc) is 2.64. The van der Waals surface area contributed by atoms with Gasteiger partial charge in [-0.3, -0.25) is 15.0 Å². The molecule has 19 heavy (non-hydrogen) atoms. The van der Waals surface area contributed by atoms with Crippen molar-refractivity contribution in [2.24, 2.45) is 5.92 Å². The highest BCUT2D eigenvalue weighted by Gasteiger charge is 2.23. The van der Waals surface area contributed by atoms with Crippen molar-refractivity contribution in [2.75, 3.05) is 19.6 Å². The van der Waals surface area contributed by atoms with Crippen molar-refractivity contribution in [3.8, 4) is 0 Å². The molecule has 0 saturated carbocycles. The standard InChI is InChI=1S/C14H27N3O2/c1-11(2)10-15-14(19)16-13(18)12(3)17-8-6-4-5-7-9-17/h11-12H,4-10H2,1-3H3,(H2,15,16,18,19). The molecule has 1 atom stereocenters. The smallest absolute Gasteiger partial charge is 0.321 e. The molecule has 0 radical (unpaired) electrons. The highest BCUT2D eigenvalue weighted by Crippen LogP contribution is 2.12. The van der Waals surface area contributed by atoms with Gasteiger partial charge in [-0.2, -0.15) is 0 Å². The summed E-state index contributed by atoms with van der Waals surface area (Å²) in [5.41, 5.74) is 0. The van der Waals surface area contributed by atoms with E-state index in [2.05, 4.69) is 15.5 Å². The Morgan fingerprint density at radius 2 is 1.63 bits per heavy atom. The summed E-state index contributed by atoms with van der Waals surface area (Å²) in [6.07, 6.45) is 4.74. The molecule has 1 fully saturated rings. The van der Waals surface area contributed by atoms with E-state index in [-0.39, 0.29) is 18.0 Å². The molecule has 0 aromatic heterocycles. The Bertz CT molecular complexity index is 297. The van der Waals surface area contributed by atoms with Crippen LogP contribution in [0.3, 0.4) is 0 Å². The molecule has 0 bridgehead atoms. The van der Waals surface area contributed by atoms with Crippen molar-refractivity contribution in [1.29, 1.82) is 0 Å². The van der Waals surface area contributed by atoms with Gasteiger partial charge in [-0.25, -0.2) is 4.79 Å². The number of hydrogen-bond acceptors (Lipinski definition) is 3. The first kappa shape index (κ1) is 16.0. The zero-order valence-corrected chi connectivity index (χ0v) is 12.4. The molecular weight excluding hydrogens is 242 g/mol. The quantitative estimate of drug-likeness (QED) is 0.817. The summed E-state index contributed by atoms with van der Waals surface area (Å²) in [6, 6.07) is -0.622. The van der Waals surface area contributed by atoms with Gasteiger partial charge in [0.15, 0.2) is 0 Å². The maximum atomic E-state index is 12.0. The van der Waals surface area contributed by atoms with Gasteiger partial charge in [-0.15, -0.1) is 0 Å². The lowest BCUT2D eigenvalue weighted by atomic mass is 10.2. The van der Waals surface area contributed by atoms with E-state index >= 15 is 0 Å². The van der Waals surface area contributed by atoms with Crippen LogP contribution in [0.5, 0.6) is 0 Å². The SMILES string of the molecule is CC(C)CNC(=O)NC(=O)C(C)N1CCCCCC1. The highest BCUT2D eigenvalue weighted by atomic mass is 16.2. The number of carbonyl (C=O) groups is 2. The van der Waals surface area contributed by atoms with E-state index in [4.69, 9.17) is 0 Å². The lowest BCUT2D eigenvalue weighted by Crippen LogP contribution is -2.50. The van der Waals surface area contributed by atoms with E-state index in [0.717, 1.165) is 25.9 Å². The second kappa shape index (κ2) is 8.15. The number of nitrogens with one attached hydrogen (secondary N) is 2. The monoisotopic (exact) mass is 269 g/mol. The second-order valence-electron chi connectivity index (χ2n) is 5.72. The normalized spacial score (nSPS) is 18.7. The maximum Gasteiger partial charge on any atom is 0.321 e. The van der Waals surface area contributed by atoms with Gasteiger partial charge in [0.05, 0.1) is 6.04 Å². The third kappa shape index (κ3) is 6.05. The number of imide groups is 1. The molecule has 110 valence electrons. The van der Waals surface area contributed by atoms with E-state index in [9.17, 15) is 9.59 Å². The fourth-order valence-corrected chi connectivity index (χ4v) is 2.21. The molecule has 1 saturated heterocycles. The molecular formula is C14H27N3O2. The molecule has 3 amide bonds. The van der Waals surface area contributed by atoms with Crippen LogP contribution >= 0.6 is 0 Å². The Morgan fingerprint density at radius 3 is 2.16 bits per heavy atom. The summed E-state index contributed by atoms with van der Waals surface area (Å²) in [5, 5.41) is 5.12. The van der Waals surface area contributed by atoms with Crippen molar-refractivity contribution in [3.05, 3.63) is 0 Å². The molecule has 0 aromatic carbocycles. The van der Waals surface area contributed by atoms with Gasteiger partial charge in [0.1, 0.15) is 0 Å². The number of carbonyl (C=O) groups excluding carboxylic acids is 2. The summed E-state index contributed by atoms with van der Waals surface area (Å²) < 4.78 is 0. The van der Waals surface area contributed by atoms with Crippen molar-refractivity contribution in [2.45, 2.75) is 52.5 Å². The van der Waals surface area contributed by atoms with E-state index in [1.54, 1.807) is 0 Å². The zero-order chi connectivity index (χ0) is 14.3. The fourth-order valence-electron chi connectivity index (χ4n) is 2.21. The Hall–Kier alpha value is -1.10. The first-order valence-electron chi connectivity index (χ1n) is 7.33. The molecule has 1 rings (SSSR count). The van der Waals surface area contributed by atoms with Gasteiger partial charge in [0.2, 0.25) is 5.91 Å². The molecule has 5 heteroatoms. The molecule has 1 unspecified atom stereocenters. The Labute approximate surface area is 116 Å². The summed E-state index contributed by atoms with van der Waals surface area (Å²) in [7, 11) is 0. The Balaban J connectivity index is 2.36. The van der Waals surface area contributed by atoms with Gasteiger partial charge in [-0.1, -0.05) is 26.7 Å². The topological polar surface area (TPSA) is 61.4 Å². The predicted molar refractivity (Wildman–Crippen MR) is 75.9 cm³/mol. The largest absolute Gasteiger partial charge is 0.338 e. The first-order valence-corrected chi connectivity index (χ1v) is 7.33. The van der Waals surface area contributed by atoms with Crippen molar-refractivity contribution in [3.63, 3.8) is 0 Å². The molecule has 5 nitrogen and oxygen atoms in total. The van der Waals surface area contributed by atoms with Crippen molar-refractivity contribution >= 4 is 11.9 Å². The van der Waals surface area contributed by atoms with Crippen LogP contribution in [0.15, 0.2) is 0 Å². The van der Waals surface area contributed by atoms with E-state index in [1.807, 2.05) is 20.8 Å². The molecule has 1 heterocycles. The number of rotatable bonds is 4. The van der Waals surface area contributed by atoms with Crippen molar-refractivity contribution < 1.29 is 9.59 Å². The van der Waals surface area contributed by atoms with Crippen LogP contribution in [0.4, 0.5) is 4.79 Å². The lowest BCUT2D eigenvalue weighted by molar-refractivity contribution is -0.124. The van der Waals surface area contributed by atoms with Crippen molar-refractivity contribution in [1.82, 2.24) is 15.5 Å². The zero-order valence-electron chi connectivity index (χ0n) is 12.4. The lowest BCUT2D eigenvalue weighted by Gasteiger charge is -2.26. The third-order valence-corrected chi connectivity index (χ3v) is 3.48. The van der Waals surface area contributed by atoms with E-state index in [1.165, 1.54) is 12.8 Å². The number of likely N-dealkylation sites (tertiary alicyclic amines) is 1. The predicted octanol–water partition coefficient (Wildman–Crippen LogP) is 1.73. The van der Waals surface area contributed by atoms with Crippen LogP contribution < -0.4 is 10.6 Å². The minimum absolute atomic E-state index is 0.205. The Morgan fingerprint density at radius 1 is 1.05 bits per heavy atom. The molecule has 2 N–H and O–H groups in total. The van der Waals surface area contributed by atoms with Crippen LogP contribution in [-0.2, 0) is 4.79 Å². The highest BCUT2D eigenvalue weighted by molar-refractivity contribution is 5.96. The summed E-state index contributed by atoms with van der Waals surface area (Å²) in [5.74, 6) is 0.173. The molecule has 0 aromatic rings. The summed E-state index contributed by atoms with van der Waals surface area (Å²) in [6.45, 7) is 8.38. The van der Waals surface area contributed by atoms with Gasteiger partial charge < -0.3 is 5.32 Å². The summed E-state index contributed by atoms with van der Waals surface area (Å²) >= 11 is 0. The minimum atomic E-state index is -0.389. The van der Waals surface area contributed by atoms with Gasteiger partial charge in [0.25, 0.3) is 0 Å². The van der Waals surface area contributed by atoms with Crippen LogP contribution in [0.2, 0.25) is 0 Å². The first-order chi connectivity index (χ1) is 9.00. The third-order valence-electron chi connectivity index (χ3n) is 3.48. The fraction of sp³-hybridized carbons (Fsp3) is 0.857. The van der Waals surface area contributed by atoms with Gasteiger partial charge >= 0.3 is 6.03 Å². The van der Waals surface area contributed by atoms with E-state index < -0.39 is 0 Å². The Kier molecular flexibility index (Phi) is 6.84. The second-order valence-corrected chi connectivity index (χ2v) is 5.72. The van der Waals surface area contributed by atoms with Crippen LogP contribution in [0.25, 0.3) is 0 Å². The molecule has 0 spiro atoms. The van der Waals surface area contributed by atoms with Crippen LogP contribution in [0, 0.1) is 5.92 Å².